The first-order valence-electron chi connectivity index (χ1n) is 9.25. The summed E-state index contributed by atoms with van der Waals surface area (Å²) in [4.78, 5) is 21.8. The number of imidazole rings is 1. The molecular formula is C20H26N4O. The second-order valence-electron chi connectivity index (χ2n) is 7.26. The van der Waals surface area contributed by atoms with Crippen LogP contribution in [0.4, 0.5) is 0 Å². The molecule has 2 aliphatic rings. The SMILES string of the molecule is Cn1ccnc1CN1CCN(C(=O)C2CCc3ccccc3C2)CC1. The first-order chi connectivity index (χ1) is 12.2. The van der Waals surface area contributed by atoms with Crippen LogP contribution in [0, 0.1) is 5.92 Å². The Hall–Kier alpha value is -2.14. The highest BCUT2D eigenvalue weighted by Crippen LogP contribution is 2.27. The van der Waals surface area contributed by atoms with E-state index in [-0.39, 0.29) is 5.92 Å². The molecule has 1 atom stereocenters. The molecule has 5 heteroatoms. The number of aryl methyl sites for hydroxylation is 2. The standard InChI is InChI=1S/C20H26N4O/c1-22-9-8-21-19(22)15-23-10-12-24(13-11-23)20(25)18-7-6-16-4-2-3-5-17(16)14-18/h2-5,8-9,18H,6-7,10-15H2,1H3. The molecule has 1 saturated heterocycles. The lowest BCUT2D eigenvalue weighted by Crippen LogP contribution is -2.50. The molecule has 1 aliphatic carbocycles. The summed E-state index contributed by atoms with van der Waals surface area (Å²) in [6, 6.07) is 8.57. The van der Waals surface area contributed by atoms with Crippen molar-refractivity contribution in [3.05, 3.63) is 53.6 Å². The number of hydrogen-bond acceptors (Lipinski definition) is 3. The molecule has 0 radical (unpaired) electrons. The van der Waals surface area contributed by atoms with Gasteiger partial charge < -0.3 is 9.47 Å². The second kappa shape index (κ2) is 7.00. The Morgan fingerprint density at radius 1 is 1.16 bits per heavy atom. The highest BCUT2D eigenvalue weighted by molar-refractivity contribution is 5.79. The first-order valence-corrected chi connectivity index (χ1v) is 9.25. The van der Waals surface area contributed by atoms with Crippen LogP contribution < -0.4 is 0 Å². The van der Waals surface area contributed by atoms with Crippen molar-refractivity contribution in [2.45, 2.75) is 25.8 Å². The van der Waals surface area contributed by atoms with Crippen molar-refractivity contribution in [1.29, 1.82) is 0 Å². The monoisotopic (exact) mass is 338 g/mol. The molecule has 2 heterocycles. The fourth-order valence-corrected chi connectivity index (χ4v) is 4.04. The highest BCUT2D eigenvalue weighted by Gasteiger charge is 2.30. The molecule has 1 aliphatic heterocycles. The number of piperazine rings is 1. The Labute approximate surface area is 149 Å². The number of aromatic nitrogens is 2. The third-order valence-corrected chi connectivity index (χ3v) is 5.67. The van der Waals surface area contributed by atoms with Crippen molar-refractivity contribution >= 4 is 5.91 Å². The molecule has 0 N–H and O–H groups in total. The second-order valence-corrected chi connectivity index (χ2v) is 7.26. The normalized spacial score (nSPS) is 21.2. The van der Waals surface area contributed by atoms with E-state index in [4.69, 9.17) is 0 Å². The average molecular weight is 338 g/mol. The summed E-state index contributed by atoms with van der Waals surface area (Å²) in [7, 11) is 2.03. The van der Waals surface area contributed by atoms with E-state index in [2.05, 4.69) is 43.6 Å². The Morgan fingerprint density at radius 3 is 2.64 bits per heavy atom. The van der Waals surface area contributed by atoms with Crippen LogP contribution in [0.15, 0.2) is 36.7 Å². The molecule has 5 nitrogen and oxygen atoms in total. The lowest BCUT2D eigenvalue weighted by Gasteiger charge is -2.37. The minimum Gasteiger partial charge on any atom is -0.340 e. The third kappa shape index (κ3) is 3.47. The molecule has 1 fully saturated rings. The molecule has 132 valence electrons. The summed E-state index contributed by atoms with van der Waals surface area (Å²) in [5.74, 6) is 1.60. The van der Waals surface area contributed by atoms with E-state index >= 15 is 0 Å². The van der Waals surface area contributed by atoms with Crippen LogP contribution in [0.3, 0.4) is 0 Å². The Bertz CT molecular complexity index is 746. The van der Waals surface area contributed by atoms with Crippen LogP contribution in [-0.4, -0.2) is 51.4 Å². The van der Waals surface area contributed by atoms with Crippen LogP contribution in [0.5, 0.6) is 0 Å². The molecule has 0 spiro atoms. The largest absolute Gasteiger partial charge is 0.340 e. The molecule has 25 heavy (non-hydrogen) atoms. The maximum absolute atomic E-state index is 12.9. The van der Waals surface area contributed by atoms with Gasteiger partial charge in [0.15, 0.2) is 0 Å². The van der Waals surface area contributed by atoms with Crippen molar-refractivity contribution < 1.29 is 4.79 Å². The number of carbonyl (C=O) groups excluding carboxylic acids is 1. The van der Waals surface area contributed by atoms with E-state index in [9.17, 15) is 4.79 Å². The fourth-order valence-electron chi connectivity index (χ4n) is 4.04. The van der Waals surface area contributed by atoms with E-state index < -0.39 is 0 Å². The van der Waals surface area contributed by atoms with Crippen LogP contribution in [0.1, 0.15) is 23.4 Å². The zero-order valence-corrected chi connectivity index (χ0v) is 14.9. The van der Waals surface area contributed by atoms with Gasteiger partial charge in [-0.25, -0.2) is 4.98 Å². The van der Waals surface area contributed by atoms with E-state index in [0.717, 1.165) is 57.8 Å². The zero-order valence-electron chi connectivity index (χ0n) is 14.9. The van der Waals surface area contributed by atoms with Gasteiger partial charge in [-0.1, -0.05) is 24.3 Å². The van der Waals surface area contributed by atoms with Gasteiger partial charge in [0, 0.05) is 51.5 Å². The van der Waals surface area contributed by atoms with Crippen molar-refractivity contribution in [2.24, 2.45) is 13.0 Å². The maximum Gasteiger partial charge on any atom is 0.226 e. The van der Waals surface area contributed by atoms with Gasteiger partial charge in [-0.15, -0.1) is 0 Å². The average Bonchev–Trinajstić information content (AvgIpc) is 3.06. The Morgan fingerprint density at radius 2 is 1.92 bits per heavy atom. The summed E-state index contributed by atoms with van der Waals surface area (Å²) in [6.45, 7) is 4.40. The van der Waals surface area contributed by atoms with Gasteiger partial charge >= 0.3 is 0 Å². The van der Waals surface area contributed by atoms with Crippen LogP contribution in [-0.2, 0) is 31.2 Å². The van der Waals surface area contributed by atoms with Gasteiger partial charge in [0.25, 0.3) is 0 Å². The van der Waals surface area contributed by atoms with Crippen LogP contribution >= 0.6 is 0 Å². The summed E-state index contributed by atoms with van der Waals surface area (Å²) >= 11 is 0. The van der Waals surface area contributed by atoms with Gasteiger partial charge in [-0.3, -0.25) is 9.69 Å². The minimum atomic E-state index is 0.163. The highest BCUT2D eigenvalue weighted by atomic mass is 16.2. The van der Waals surface area contributed by atoms with E-state index in [1.807, 2.05) is 19.4 Å². The van der Waals surface area contributed by atoms with Crippen molar-refractivity contribution in [3.8, 4) is 0 Å². The predicted molar refractivity (Wildman–Crippen MR) is 97.0 cm³/mol. The lowest BCUT2D eigenvalue weighted by atomic mass is 9.83. The number of rotatable bonds is 3. The Balaban J connectivity index is 1.32. The number of nitrogens with zero attached hydrogens (tertiary/aromatic N) is 4. The number of hydrogen-bond donors (Lipinski definition) is 0. The lowest BCUT2D eigenvalue weighted by molar-refractivity contribution is -0.137. The fraction of sp³-hybridized carbons (Fsp3) is 0.500. The summed E-state index contributed by atoms with van der Waals surface area (Å²) in [5, 5.41) is 0. The van der Waals surface area contributed by atoms with Gasteiger partial charge in [-0.05, 0) is 30.4 Å². The first kappa shape index (κ1) is 16.3. The number of benzene rings is 1. The summed E-state index contributed by atoms with van der Waals surface area (Å²) in [5.41, 5.74) is 2.78. The quantitative estimate of drug-likeness (QED) is 0.858. The smallest absolute Gasteiger partial charge is 0.226 e. The summed E-state index contributed by atoms with van der Waals surface area (Å²) in [6.07, 6.45) is 6.75. The molecule has 1 aromatic carbocycles. The number of carbonyl (C=O) groups is 1. The molecule has 2 aromatic rings. The van der Waals surface area contributed by atoms with Crippen LogP contribution in [0.2, 0.25) is 0 Å². The maximum atomic E-state index is 12.9. The minimum absolute atomic E-state index is 0.163. The van der Waals surface area contributed by atoms with Crippen molar-refractivity contribution in [3.63, 3.8) is 0 Å². The number of fused-ring (bicyclic) bond motifs is 1. The molecule has 1 amide bonds. The predicted octanol–water partition coefficient (Wildman–Crippen LogP) is 1.87. The summed E-state index contributed by atoms with van der Waals surface area (Å²) < 4.78 is 2.07. The molecule has 0 saturated carbocycles. The Kier molecular flexibility index (Phi) is 4.57. The van der Waals surface area contributed by atoms with Crippen LogP contribution in [0.25, 0.3) is 0 Å². The van der Waals surface area contributed by atoms with Gasteiger partial charge in [-0.2, -0.15) is 0 Å². The molecule has 1 unspecified atom stereocenters. The van der Waals surface area contributed by atoms with E-state index in [0.29, 0.717) is 5.91 Å². The van der Waals surface area contributed by atoms with Crippen molar-refractivity contribution in [1.82, 2.24) is 19.4 Å². The zero-order chi connectivity index (χ0) is 17.2. The van der Waals surface area contributed by atoms with E-state index in [1.54, 1.807) is 0 Å². The third-order valence-electron chi connectivity index (χ3n) is 5.67. The molecule has 4 rings (SSSR count). The van der Waals surface area contributed by atoms with E-state index in [1.165, 1.54) is 11.1 Å². The van der Waals surface area contributed by atoms with Gasteiger partial charge in [0.05, 0.1) is 6.54 Å². The number of amides is 1. The van der Waals surface area contributed by atoms with Gasteiger partial charge in [0.1, 0.15) is 5.82 Å². The molecule has 0 bridgehead atoms. The van der Waals surface area contributed by atoms with Crippen molar-refractivity contribution in [2.75, 3.05) is 26.2 Å². The molecular weight excluding hydrogens is 312 g/mol. The topological polar surface area (TPSA) is 41.4 Å². The molecule has 1 aromatic heterocycles. The van der Waals surface area contributed by atoms with Gasteiger partial charge in [0.2, 0.25) is 5.91 Å².